The number of hydrogen-bond acceptors (Lipinski definition) is 6. The van der Waals surface area contributed by atoms with Gasteiger partial charge < -0.3 is 10.2 Å². The fourth-order valence-corrected chi connectivity index (χ4v) is 3.15. The normalized spacial score (nSPS) is 12.3. The molecule has 0 fully saturated rings. The van der Waals surface area contributed by atoms with E-state index in [1.54, 1.807) is 28.4 Å². The minimum absolute atomic E-state index is 0.156. The summed E-state index contributed by atoms with van der Waals surface area (Å²) in [5, 5.41) is 32.6. The van der Waals surface area contributed by atoms with Crippen LogP contribution in [0.1, 0.15) is 23.2 Å². The first-order valence-corrected chi connectivity index (χ1v) is 8.50. The molecule has 0 amide bonds. The summed E-state index contributed by atoms with van der Waals surface area (Å²) in [6.07, 6.45) is -0.997. The van der Waals surface area contributed by atoms with E-state index < -0.39 is 12.1 Å². The molecule has 2 N–H and O–H groups in total. The SMILES string of the molecule is Cc1cc(-n2c(SCC(=O)O)nnc2C(O)c2ccccc2)n(C)n1. The quantitative estimate of drug-likeness (QED) is 0.643. The summed E-state index contributed by atoms with van der Waals surface area (Å²) in [5.41, 5.74) is 1.46. The first kappa shape index (κ1) is 17.2. The molecule has 0 saturated heterocycles. The molecule has 2 aromatic heterocycles. The van der Waals surface area contributed by atoms with Gasteiger partial charge in [0, 0.05) is 13.1 Å². The summed E-state index contributed by atoms with van der Waals surface area (Å²) in [5.74, 6) is -0.149. The second-order valence-corrected chi connectivity index (χ2v) is 6.38. The van der Waals surface area contributed by atoms with Crippen molar-refractivity contribution in [2.24, 2.45) is 7.05 Å². The molecule has 0 spiro atoms. The summed E-state index contributed by atoms with van der Waals surface area (Å²) in [6.45, 7) is 1.85. The van der Waals surface area contributed by atoms with Gasteiger partial charge in [-0.1, -0.05) is 42.1 Å². The summed E-state index contributed by atoms with van der Waals surface area (Å²) in [7, 11) is 1.77. The largest absolute Gasteiger partial charge is 0.481 e. The van der Waals surface area contributed by atoms with Gasteiger partial charge in [-0.25, -0.2) is 0 Å². The molecule has 0 bridgehead atoms. The molecule has 0 aliphatic rings. The first-order valence-electron chi connectivity index (χ1n) is 7.51. The summed E-state index contributed by atoms with van der Waals surface area (Å²) >= 11 is 1.04. The number of aryl methyl sites for hydroxylation is 2. The van der Waals surface area contributed by atoms with Crippen LogP contribution in [0.2, 0.25) is 0 Å². The van der Waals surface area contributed by atoms with Crippen LogP contribution in [0.15, 0.2) is 41.6 Å². The maximum Gasteiger partial charge on any atom is 0.313 e. The van der Waals surface area contributed by atoms with Crippen molar-refractivity contribution >= 4 is 17.7 Å². The number of carboxylic acids is 1. The Labute approximate surface area is 148 Å². The minimum Gasteiger partial charge on any atom is -0.481 e. The van der Waals surface area contributed by atoms with Crippen LogP contribution < -0.4 is 0 Å². The zero-order valence-corrected chi connectivity index (χ0v) is 14.5. The van der Waals surface area contributed by atoms with Crippen molar-refractivity contribution in [3.63, 3.8) is 0 Å². The van der Waals surface area contributed by atoms with E-state index in [-0.39, 0.29) is 5.75 Å². The lowest BCUT2D eigenvalue weighted by atomic mass is 10.1. The molecule has 0 aliphatic heterocycles. The molecular formula is C16H17N5O3S. The Kier molecular flexibility index (Phi) is 4.86. The Hall–Kier alpha value is -2.65. The van der Waals surface area contributed by atoms with E-state index in [1.165, 1.54) is 0 Å². The van der Waals surface area contributed by atoms with Crippen molar-refractivity contribution in [2.75, 3.05) is 5.75 Å². The third-order valence-electron chi connectivity index (χ3n) is 3.55. The van der Waals surface area contributed by atoms with Crippen LogP contribution in [0.4, 0.5) is 0 Å². The predicted molar refractivity (Wildman–Crippen MR) is 91.7 cm³/mol. The molecule has 25 heavy (non-hydrogen) atoms. The van der Waals surface area contributed by atoms with Gasteiger partial charge in [-0.15, -0.1) is 10.2 Å². The summed E-state index contributed by atoms with van der Waals surface area (Å²) in [6, 6.07) is 10.9. The number of aliphatic carboxylic acids is 1. The van der Waals surface area contributed by atoms with Crippen LogP contribution in [-0.4, -0.2) is 46.5 Å². The molecule has 3 aromatic rings. The van der Waals surface area contributed by atoms with Crippen molar-refractivity contribution in [1.29, 1.82) is 0 Å². The van der Waals surface area contributed by atoms with E-state index in [0.29, 0.717) is 22.4 Å². The van der Waals surface area contributed by atoms with Crippen LogP contribution in [-0.2, 0) is 11.8 Å². The van der Waals surface area contributed by atoms with Gasteiger partial charge in [-0.2, -0.15) is 5.10 Å². The first-order chi connectivity index (χ1) is 12.0. The number of aliphatic hydroxyl groups is 1. The number of carboxylic acid groups (broad SMARTS) is 1. The van der Waals surface area contributed by atoms with Crippen LogP contribution >= 0.6 is 11.8 Å². The van der Waals surface area contributed by atoms with Gasteiger partial charge in [0.25, 0.3) is 0 Å². The highest BCUT2D eigenvalue weighted by Crippen LogP contribution is 2.28. The molecule has 9 heteroatoms. The third kappa shape index (κ3) is 3.57. The summed E-state index contributed by atoms with van der Waals surface area (Å²) < 4.78 is 3.29. The van der Waals surface area contributed by atoms with Crippen LogP contribution in [0.5, 0.6) is 0 Å². The molecule has 1 aromatic carbocycles. The van der Waals surface area contributed by atoms with Gasteiger partial charge in [-0.05, 0) is 12.5 Å². The molecule has 1 unspecified atom stereocenters. The number of benzene rings is 1. The van der Waals surface area contributed by atoms with Crippen molar-refractivity contribution in [1.82, 2.24) is 24.5 Å². The Morgan fingerprint density at radius 1 is 1.28 bits per heavy atom. The molecule has 2 heterocycles. The van der Waals surface area contributed by atoms with E-state index in [4.69, 9.17) is 5.11 Å². The number of rotatable bonds is 6. The molecule has 3 rings (SSSR count). The Bertz CT molecular complexity index is 891. The maximum absolute atomic E-state index is 10.9. The zero-order valence-electron chi connectivity index (χ0n) is 13.7. The molecule has 8 nitrogen and oxygen atoms in total. The maximum atomic E-state index is 10.9. The number of hydrogen-bond donors (Lipinski definition) is 2. The van der Waals surface area contributed by atoms with Crippen molar-refractivity contribution < 1.29 is 15.0 Å². The lowest BCUT2D eigenvalue weighted by Crippen LogP contribution is -2.13. The number of carbonyl (C=O) groups is 1. The van der Waals surface area contributed by atoms with Gasteiger partial charge >= 0.3 is 5.97 Å². The monoisotopic (exact) mass is 359 g/mol. The van der Waals surface area contributed by atoms with Gasteiger partial charge in [0.15, 0.2) is 11.0 Å². The highest BCUT2D eigenvalue weighted by Gasteiger charge is 2.24. The Balaban J connectivity index is 2.09. The molecule has 1 atom stereocenters. The van der Waals surface area contributed by atoms with Crippen LogP contribution in [0.25, 0.3) is 5.82 Å². The second-order valence-electron chi connectivity index (χ2n) is 5.44. The van der Waals surface area contributed by atoms with Crippen molar-refractivity contribution in [2.45, 2.75) is 18.2 Å². The smallest absolute Gasteiger partial charge is 0.313 e. The van der Waals surface area contributed by atoms with Gasteiger partial charge in [0.2, 0.25) is 0 Å². The van der Waals surface area contributed by atoms with E-state index in [2.05, 4.69) is 15.3 Å². The van der Waals surface area contributed by atoms with Gasteiger partial charge in [0.1, 0.15) is 11.9 Å². The fraction of sp³-hybridized carbons (Fsp3) is 0.250. The molecule has 130 valence electrons. The fourth-order valence-electron chi connectivity index (χ4n) is 2.48. The summed E-state index contributed by atoms with van der Waals surface area (Å²) in [4.78, 5) is 10.9. The van der Waals surface area contributed by atoms with Gasteiger partial charge in [-0.3, -0.25) is 14.0 Å². The third-order valence-corrected chi connectivity index (χ3v) is 4.46. The highest BCUT2D eigenvalue weighted by atomic mass is 32.2. The molecule has 0 radical (unpaired) electrons. The molecule has 0 saturated carbocycles. The second kappa shape index (κ2) is 7.08. The van der Waals surface area contributed by atoms with Crippen LogP contribution in [0, 0.1) is 6.92 Å². The van der Waals surface area contributed by atoms with Gasteiger partial charge in [0.05, 0.1) is 11.4 Å². The van der Waals surface area contributed by atoms with Crippen molar-refractivity contribution in [3.8, 4) is 5.82 Å². The molecule has 0 aliphatic carbocycles. The number of nitrogens with zero attached hydrogens (tertiary/aromatic N) is 5. The standard InChI is InChI=1S/C16H17N5O3S/c1-10-8-12(20(2)19-10)21-15(14(24)11-6-4-3-5-7-11)17-18-16(21)25-9-13(22)23/h3-8,14,24H,9H2,1-2H3,(H,22,23). The number of thioether (sulfide) groups is 1. The topological polar surface area (TPSA) is 106 Å². The minimum atomic E-state index is -0.997. The number of aliphatic hydroxyl groups excluding tert-OH is 1. The Morgan fingerprint density at radius 2 is 2.00 bits per heavy atom. The Morgan fingerprint density at radius 3 is 2.60 bits per heavy atom. The lowest BCUT2D eigenvalue weighted by Gasteiger charge is -2.14. The van der Waals surface area contributed by atoms with Crippen LogP contribution in [0.3, 0.4) is 0 Å². The van der Waals surface area contributed by atoms with Crippen molar-refractivity contribution in [3.05, 3.63) is 53.5 Å². The number of aromatic nitrogens is 5. The lowest BCUT2D eigenvalue weighted by molar-refractivity contribution is -0.133. The van der Waals surface area contributed by atoms with E-state index in [1.807, 2.05) is 31.2 Å². The zero-order chi connectivity index (χ0) is 18.0. The highest BCUT2D eigenvalue weighted by molar-refractivity contribution is 7.99. The van der Waals surface area contributed by atoms with E-state index in [9.17, 15) is 9.90 Å². The predicted octanol–water partition coefficient (Wildman–Crippen LogP) is 1.57. The molecular weight excluding hydrogens is 342 g/mol. The average molecular weight is 359 g/mol. The van der Waals surface area contributed by atoms with E-state index >= 15 is 0 Å². The average Bonchev–Trinajstić information content (AvgIpc) is 3.15. The van der Waals surface area contributed by atoms with E-state index in [0.717, 1.165) is 17.5 Å².